The largest absolute Gasteiger partial charge is 0.478 e. The zero-order valence-electron chi connectivity index (χ0n) is 8.22. The van der Waals surface area contributed by atoms with Crippen LogP contribution in [0.15, 0.2) is 28.0 Å². The van der Waals surface area contributed by atoms with Crippen molar-refractivity contribution < 1.29 is 18.3 Å². The minimum Gasteiger partial charge on any atom is -0.478 e. The van der Waals surface area contributed by atoms with Crippen LogP contribution in [0, 0.1) is 0 Å². The van der Waals surface area contributed by atoms with Crippen molar-refractivity contribution in [3.05, 3.63) is 23.8 Å². The standard InChI is InChI=1S/C9H10O4S2/c1-14-8-6(9(10)11)4-3-5-7(8)15(2,12)13/h3-5H,1-2H3,(H,10,11). The Morgan fingerprint density at radius 1 is 1.40 bits per heavy atom. The molecule has 0 radical (unpaired) electrons. The molecule has 6 heteroatoms. The number of hydrogen-bond acceptors (Lipinski definition) is 4. The van der Waals surface area contributed by atoms with Crippen molar-refractivity contribution in [1.82, 2.24) is 0 Å². The molecule has 0 aliphatic rings. The second-order valence-electron chi connectivity index (χ2n) is 2.91. The van der Waals surface area contributed by atoms with Gasteiger partial charge >= 0.3 is 5.97 Å². The number of benzene rings is 1. The summed E-state index contributed by atoms with van der Waals surface area (Å²) in [5, 5.41) is 8.88. The lowest BCUT2D eigenvalue weighted by Crippen LogP contribution is -2.05. The molecule has 0 fully saturated rings. The molecule has 1 aromatic rings. The predicted octanol–water partition coefficient (Wildman–Crippen LogP) is 1.51. The monoisotopic (exact) mass is 246 g/mol. The van der Waals surface area contributed by atoms with Gasteiger partial charge in [-0.2, -0.15) is 0 Å². The summed E-state index contributed by atoms with van der Waals surface area (Å²) in [5.41, 5.74) is 0.0189. The SMILES string of the molecule is CSc1c(C(=O)O)cccc1S(C)(=O)=O. The van der Waals surface area contributed by atoms with Gasteiger partial charge in [-0.05, 0) is 18.4 Å². The van der Waals surface area contributed by atoms with Gasteiger partial charge in [-0.3, -0.25) is 0 Å². The molecule has 0 spiro atoms. The highest BCUT2D eigenvalue weighted by atomic mass is 32.2. The highest BCUT2D eigenvalue weighted by molar-refractivity contribution is 7.99. The molecule has 0 saturated heterocycles. The lowest BCUT2D eigenvalue weighted by Gasteiger charge is -2.07. The van der Waals surface area contributed by atoms with Crippen molar-refractivity contribution in [3.63, 3.8) is 0 Å². The van der Waals surface area contributed by atoms with Crippen LogP contribution >= 0.6 is 11.8 Å². The van der Waals surface area contributed by atoms with Crippen LogP contribution in [0.1, 0.15) is 10.4 Å². The summed E-state index contributed by atoms with van der Waals surface area (Å²) < 4.78 is 22.8. The topological polar surface area (TPSA) is 71.4 Å². The molecule has 15 heavy (non-hydrogen) atoms. The van der Waals surface area contributed by atoms with E-state index >= 15 is 0 Å². The zero-order chi connectivity index (χ0) is 11.6. The van der Waals surface area contributed by atoms with E-state index in [2.05, 4.69) is 0 Å². The normalized spacial score (nSPS) is 11.3. The Hall–Kier alpha value is -1.01. The average Bonchev–Trinajstić information content (AvgIpc) is 2.15. The molecule has 0 saturated carbocycles. The van der Waals surface area contributed by atoms with Gasteiger partial charge in [-0.25, -0.2) is 13.2 Å². The molecule has 0 aromatic heterocycles. The lowest BCUT2D eigenvalue weighted by atomic mass is 10.2. The Labute approximate surface area is 92.2 Å². The van der Waals surface area contributed by atoms with Gasteiger partial charge in [0.05, 0.1) is 10.5 Å². The van der Waals surface area contributed by atoms with Crippen LogP contribution in [0.4, 0.5) is 0 Å². The molecule has 1 aromatic carbocycles. The van der Waals surface area contributed by atoms with Gasteiger partial charge in [0.2, 0.25) is 0 Å². The van der Waals surface area contributed by atoms with Gasteiger partial charge in [0, 0.05) is 11.2 Å². The van der Waals surface area contributed by atoms with E-state index in [0.29, 0.717) is 0 Å². The smallest absolute Gasteiger partial charge is 0.336 e. The molecule has 1 N–H and O–H groups in total. The fraction of sp³-hybridized carbons (Fsp3) is 0.222. The zero-order valence-corrected chi connectivity index (χ0v) is 9.85. The number of sulfone groups is 1. The van der Waals surface area contributed by atoms with Crippen molar-refractivity contribution in [1.29, 1.82) is 0 Å². The second-order valence-corrected chi connectivity index (χ2v) is 5.71. The van der Waals surface area contributed by atoms with Gasteiger partial charge in [0.25, 0.3) is 0 Å². The quantitative estimate of drug-likeness (QED) is 0.818. The Morgan fingerprint density at radius 2 is 2.00 bits per heavy atom. The molecule has 0 amide bonds. The van der Waals surface area contributed by atoms with Gasteiger partial charge in [-0.1, -0.05) is 6.07 Å². The summed E-state index contributed by atoms with van der Waals surface area (Å²) in [7, 11) is -3.39. The Bertz CT molecular complexity index is 491. The number of carboxylic acids is 1. The summed E-state index contributed by atoms with van der Waals surface area (Å²) in [6.45, 7) is 0. The first-order valence-electron chi connectivity index (χ1n) is 3.98. The first-order valence-corrected chi connectivity index (χ1v) is 7.10. The van der Waals surface area contributed by atoms with Gasteiger partial charge in [0.1, 0.15) is 0 Å². The first-order chi connectivity index (χ1) is 6.88. The third kappa shape index (κ3) is 2.51. The van der Waals surface area contributed by atoms with E-state index in [4.69, 9.17) is 5.11 Å². The van der Waals surface area contributed by atoms with Crippen molar-refractivity contribution in [2.24, 2.45) is 0 Å². The molecule has 0 bridgehead atoms. The van der Waals surface area contributed by atoms with Crippen LogP contribution in [-0.2, 0) is 9.84 Å². The third-order valence-corrected chi connectivity index (χ3v) is 3.93. The van der Waals surface area contributed by atoms with Crippen LogP contribution in [0.2, 0.25) is 0 Å². The van der Waals surface area contributed by atoms with E-state index < -0.39 is 15.8 Å². The van der Waals surface area contributed by atoms with Crippen LogP contribution in [0.25, 0.3) is 0 Å². The molecule has 0 aliphatic carbocycles. The molecule has 0 atom stereocenters. The second kappa shape index (κ2) is 4.24. The lowest BCUT2D eigenvalue weighted by molar-refractivity contribution is 0.0692. The predicted molar refractivity (Wildman–Crippen MR) is 58.3 cm³/mol. The maximum Gasteiger partial charge on any atom is 0.336 e. The highest BCUT2D eigenvalue weighted by Crippen LogP contribution is 2.28. The summed E-state index contributed by atoms with van der Waals surface area (Å²) in [6, 6.07) is 4.23. The number of aromatic carboxylic acids is 1. The Balaban J connectivity index is 3.56. The molecule has 0 heterocycles. The van der Waals surface area contributed by atoms with Crippen LogP contribution < -0.4 is 0 Å². The van der Waals surface area contributed by atoms with Crippen molar-refractivity contribution in [3.8, 4) is 0 Å². The molecular weight excluding hydrogens is 236 g/mol. The maximum absolute atomic E-state index is 11.4. The van der Waals surface area contributed by atoms with Crippen LogP contribution in [0.5, 0.6) is 0 Å². The fourth-order valence-electron chi connectivity index (χ4n) is 1.19. The average molecular weight is 246 g/mol. The number of carbonyl (C=O) groups is 1. The van der Waals surface area contributed by atoms with Gasteiger partial charge in [-0.15, -0.1) is 11.8 Å². The minimum absolute atomic E-state index is 0.0189. The molecule has 0 unspecified atom stereocenters. The Kier molecular flexibility index (Phi) is 3.41. The fourth-order valence-corrected chi connectivity index (χ4v) is 3.31. The Morgan fingerprint density at radius 3 is 2.40 bits per heavy atom. The van der Waals surface area contributed by atoms with Crippen LogP contribution in [0.3, 0.4) is 0 Å². The van der Waals surface area contributed by atoms with E-state index in [0.717, 1.165) is 18.0 Å². The molecule has 4 nitrogen and oxygen atoms in total. The maximum atomic E-state index is 11.4. The van der Waals surface area contributed by atoms with Crippen molar-refractivity contribution >= 4 is 27.6 Å². The number of thioether (sulfide) groups is 1. The first kappa shape index (κ1) is 12.1. The molecule has 82 valence electrons. The van der Waals surface area contributed by atoms with E-state index in [1.54, 1.807) is 6.26 Å². The van der Waals surface area contributed by atoms with E-state index in [-0.39, 0.29) is 15.4 Å². The number of rotatable bonds is 3. The van der Waals surface area contributed by atoms with E-state index in [1.807, 2.05) is 0 Å². The highest BCUT2D eigenvalue weighted by Gasteiger charge is 2.18. The summed E-state index contributed by atoms with van der Waals surface area (Å²) in [4.78, 5) is 11.2. The molecule has 1 rings (SSSR count). The van der Waals surface area contributed by atoms with Gasteiger partial charge < -0.3 is 5.11 Å². The number of carboxylic acid groups (broad SMARTS) is 1. The summed E-state index contributed by atoms with van der Waals surface area (Å²) in [5.74, 6) is -1.12. The third-order valence-electron chi connectivity index (χ3n) is 1.81. The number of hydrogen-bond donors (Lipinski definition) is 1. The minimum atomic E-state index is -3.39. The van der Waals surface area contributed by atoms with Gasteiger partial charge in [0.15, 0.2) is 9.84 Å². The summed E-state index contributed by atoms with van der Waals surface area (Å²) in [6.07, 6.45) is 2.71. The van der Waals surface area contributed by atoms with E-state index in [1.165, 1.54) is 18.2 Å². The summed E-state index contributed by atoms with van der Waals surface area (Å²) >= 11 is 1.12. The van der Waals surface area contributed by atoms with E-state index in [9.17, 15) is 13.2 Å². The molecular formula is C9H10O4S2. The van der Waals surface area contributed by atoms with Crippen LogP contribution in [-0.4, -0.2) is 32.0 Å². The van der Waals surface area contributed by atoms with Crippen molar-refractivity contribution in [2.45, 2.75) is 9.79 Å². The molecule has 0 aliphatic heterocycles. The van der Waals surface area contributed by atoms with Crippen molar-refractivity contribution in [2.75, 3.05) is 12.5 Å².